The molecule has 0 saturated heterocycles. The molecule has 0 aliphatic heterocycles. The fourth-order valence-electron chi connectivity index (χ4n) is 2.06. The van der Waals surface area contributed by atoms with Gasteiger partial charge in [-0.2, -0.15) is 0 Å². The Bertz CT molecular complexity index is 111. The lowest BCUT2D eigenvalue weighted by Gasteiger charge is -2.33. The Hall–Kier alpha value is -0.0400. The van der Waals surface area contributed by atoms with E-state index >= 15 is 0 Å². The van der Waals surface area contributed by atoms with Crippen LogP contribution in [0.15, 0.2) is 0 Å². The van der Waals surface area contributed by atoms with Crippen molar-refractivity contribution < 1.29 is 0 Å². The van der Waals surface area contributed by atoms with E-state index in [1.54, 1.807) is 0 Å². The van der Waals surface area contributed by atoms with Gasteiger partial charge in [-0.3, -0.25) is 0 Å². The zero-order valence-electron chi connectivity index (χ0n) is 8.14. The molecule has 2 unspecified atom stereocenters. The summed E-state index contributed by atoms with van der Waals surface area (Å²) < 4.78 is 0. The van der Waals surface area contributed by atoms with Gasteiger partial charge in [-0.05, 0) is 32.4 Å². The standard InChI is InChI=1S/C10H21N/c1-4-11(3)10-7-5-6-9(2)8-10/h9-10H,4-8H2,1-3H3. The van der Waals surface area contributed by atoms with Crippen LogP contribution < -0.4 is 0 Å². The van der Waals surface area contributed by atoms with Gasteiger partial charge < -0.3 is 4.90 Å². The van der Waals surface area contributed by atoms with Crippen LogP contribution in [0.2, 0.25) is 0 Å². The highest BCUT2D eigenvalue weighted by atomic mass is 15.1. The molecular weight excluding hydrogens is 134 g/mol. The molecule has 0 aromatic rings. The molecule has 11 heavy (non-hydrogen) atoms. The van der Waals surface area contributed by atoms with Crippen molar-refractivity contribution in [1.29, 1.82) is 0 Å². The molecule has 1 aliphatic rings. The van der Waals surface area contributed by atoms with Crippen LogP contribution in [0.1, 0.15) is 39.5 Å². The fraction of sp³-hybridized carbons (Fsp3) is 1.00. The normalized spacial score (nSPS) is 32.7. The van der Waals surface area contributed by atoms with E-state index in [0.717, 1.165) is 12.0 Å². The summed E-state index contributed by atoms with van der Waals surface area (Å²) in [7, 11) is 2.25. The van der Waals surface area contributed by atoms with Gasteiger partial charge in [-0.1, -0.05) is 26.7 Å². The zero-order valence-corrected chi connectivity index (χ0v) is 8.14. The fourth-order valence-corrected chi connectivity index (χ4v) is 2.06. The second-order valence-electron chi connectivity index (χ2n) is 4.00. The summed E-state index contributed by atoms with van der Waals surface area (Å²) in [5, 5.41) is 0. The predicted molar refractivity (Wildman–Crippen MR) is 49.7 cm³/mol. The van der Waals surface area contributed by atoms with Gasteiger partial charge in [0.15, 0.2) is 0 Å². The first-order chi connectivity index (χ1) is 5.24. The molecule has 0 N–H and O–H groups in total. The van der Waals surface area contributed by atoms with Crippen molar-refractivity contribution >= 4 is 0 Å². The van der Waals surface area contributed by atoms with Crippen LogP contribution in [0.3, 0.4) is 0 Å². The number of hydrogen-bond acceptors (Lipinski definition) is 1. The van der Waals surface area contributed by atoms with Crippen molar-refractivity contribution in [3.05, 3.63) is 0 Å². The average molecular weight is 155 g/mol. The molecule has 1 saturated carbocycles. The van der Waals surface area contributed by atoms with E-state index in [2.05, 4.69) is 25.8 Å². The zero-order chi connectivity index (χ0) is 8.27. The van der Waals surface area contributed by atoms with Crippen LogP contribution in [0, 0.1) is 5.92 Å². The van der Waals surface area contributed by atoms with Crippen LogP contribution >= 0.6 is 0 Å². The third kappa shape index (κ3) is 2.48. The third-order valence-electron chi connectivity index (χ3n) is 3.03. The molecule has 1 heteroatoms. The van der Waals surface area contributed by atoms with Crippen LogP contribution in [-0.2, 0) is 0 Å². The first-order valence-corrected chi connectivity index (χ1v) is 4.94. The molecule has 1 aliphatic carbocycles. The first-order valence-electron chi connectivity index (χ1n) is 4.94. The van der Waals surface area contributed by atoms with Crippen molar-refractivity contribution in [1.82, 2.24) is 4.90 Å². The molecule has 0 radical (unpaired) electrons. The molecule has 1 rings (SSSR count). The van der Waals surface area contributed by atoms with Gasteiger partial charge in [-0.15, -0.1) is 0 Å². The Labute approximate surface area is 70.8 Å². The Morgan fingerprint density at radius 2 is 2.09 bits per heavy atom. The molecule has 0 aromatic heterocycles. The summed E-state index contributed by atoms with van der Waals surface area (Å²) in [5.41, 5.74) is 0. The minimum Gasteiger partial charge on any atom is -0.304 e. The predicted octanol–water partition coefficient (Wildman–Crippen LogP) is 2.52. The van der Waals surface area contributed by atoms with Crippen molar-refractivity contribution in [3.8, 4) is 0 Å². The molecule has 0 amide bonds. The number of rotatable bonds is 2. The maximum Gasteiger partial charge on any atom is 0.00946 e. The van der Waals surface area contributed by atoms with Gasteiger partial charge >= 0.3 is 0 Å². The highest BCUT2D eigenvalue weighted by Gasteiger charge is 2.20. The van der Waals surface area contributed by atoms with E-state index in [1.165, 1.54) is 32.2 Å². The lowest BCUT2D eigenvalue weighted by molar-refractivity contribution is 0.171. The maximum atomic E-state index is 2.50. The van der Waals surface area contributed by atoms with Crippen molar-refractivity contribution in [2.24, 2.45) is 5.92 Å². The second kappa shape index (κ2) is 4.10. The summed E-state index contributed by atoms with van der Waals surface area (Å²) >= 11 is 0. The topological polar surface area (TPSA) is 3.24 Å². The Morgan fingerprint density at radius 3 is 2.64 bits per heavy atom. The van der Waals surface area contributed by atoms with Gasteiger partial charge in [0.1, 0.15) is 0 Å². The Morgan fingerprint density at radius 1 is 1.36 bits per heavy atom. The van der Waals surface area contributed by atoms with Crippen LogP contribution in [0.25, 0.3) is 0 Å². The number of hydrogen-bond donors (Lipinski definition) is 0. The van der Waals surface area contributed by atoms with E-state index in [1.807, 2.05) is 0 Å². The quantitative estimate of drug-likeness (QED) is 0.592. The monoisotopic (exact) mass is 155 g/mol. The molecule has 66 valence electrons. The summed E-state index contributed by atoms with van der Waals surface area (Å²) in [6.45, 7) is 5.84. The molecule has 0 aromatic carbocycles. The van der Waals surface area contributed by atoms with Gasteiger partial charge in [0.25, 0.3) is 0 Å². The SMILES string of the molecule is CCN(C)C1CCCC(C)C1. The lowest BCUT2D eigenvalue weighted by Crippen LogP contribution is -2.35. The minimum absolute atomic E-state index is 0.878. The second-order valence-corrected chi connectivity index (χ2v) is 4.00. The van der Waals surface area contributed by atoms with Crippen molar-refractivity contribution in [2.45, 2.75) is 45.6 Å². The lowest BCUT2D eigenvalue weighted by atomic mass is 9.86. The van der Waals surface area contributed by atoms with E-state index in [9.17, 15) is 0 Å². The van der Waals surface area contributed by atoms with Crippen LogP contribution in [-0.4, -0.2) is 24.5 Å². The van der Waals surface area contributed by atoms with E-state index in [0.29, 0.717) is 0 Å². The minimum atomic E-state index is 0.878. The molecule has 0 bridgehead atoms. The van der Waals surface area contributed by atoms with Crippen LogP contribution in [0.4, 0.5) is 0 Å². The van der Waals surface area contributed by atoms with Crippen LogP contribution in [0.5, 0.6) is 0 Å². The summed E-state index contributed by atoms with van der Waals surface area (Å²) in [5.74, 6) is 0.961. The number of nitrogens with zero attached hydrogens (tertiary/aromatic N) is 1. The van der Waals surface area contributed by atoms with E-state index in [-0.39, 0.29) is 0 Å². The molecule has 0 spiro atoms. The highest BCUT2D eigenvalue weighted by molar-refractivity contribution is 4.76. The van der Waals surface area contributed by atoms with Gasteiger partial charge in [0, 0.05) is 6.04 Å². The molecule has 1 fully saturated rings. The first kappa shape index (κ1) is 9.05. The molecule has 0 heterocycles. The maximum absolute atomic E-state index is 2.50. The largest absolute Gasteiger partial charge is 0.304 e. The summed E-state index contributed by atoms with van der Waals surface area (Å²) in [4.78, 5) is 2.50. The Balaban J connectivity index is 2.33. The summed E-state index contributed by atoms with van der Waals surface area (Å²) in [6, 6.07) is 0.878. The highest BCUT2D eigenvalue weighted by Crippen LogP contribution is 2.26. The average Bonchev–Trinajstić information content (AvgIpc) is 2.03. The Kier molecular flexibility index (Phi) is 3.38. The van der Waals surface area contributed by atoms with Gasteiger partial charge in [0.05, 0.1) is 0 Å². The van der Waals surface area contributed by atoms with E-state index in [4.69, 9.17) is 0 Å². The van der Waals surface area contributed by atoms with Crippen molar-refractivity contribution in [3.63, 3.8) is 0 Å². The van der Waals surface area contributed by atoms with E-state index < -0.39 is 0 Å². The molecule has 2 atom stereocenters. The van der Waals surface area contributed by atoms with Gasteiger partial charge in [-0.25, -0.2) is 0 Å². The molecule has 1 nitrogen and oxygen atoms in total. The third-order valence-corrected chi connectivity index (χ3v) is 3.03. The molecular formula is C10H21N. The smallest absolute Gasteiger partial charge is 0.00946 e. The van der Waals surface area contributed by atoms with Crippen molar-refractivity contribution in [2.75, 3.05) is 13.6 Å². The summed E-state index contributed by atoms with van der Waals surface area (Å²) in [6.07, 6.45) is 5.74. The van der Waals surface area contributed by atoms with Gasteiger partial charge in [0.2, 0.25) is 0 Å².